The van der Waals surface area contributed by atoms with Gasteiger partial charge in [-0.15, -0.1) is 0 Å². The Kier molecular flexibility index (Phi) is 5.56. The van der Waals surface area contributed by atoms with Crippen molar-refractivity contribution in [2.24, 2.45) is 5.92 Å². The lowest BCUT2D eigenvalue weighted by molar-refractivity contribution is 0.402. The fraction of sp³-hybridized carbons (Fsp3) is 0.333. The summed E-state index contributed by atoms with van der Waals surface area (Å²) in [6.07, 6.45) is 3.59. The second-order valence-corrected chi connectivity index (χ2v) is 7.80. The topological polar surface area (TPSA) is 41.1 Å². The Morgan fingerprint density at radius 3 is 2.36 bits per heavy atom. The van der Waals surface area contributed by atoms with Crippen LogP contribution in [0.25, 0.3) is 0 Å². The number of nitrogens with one attached hydrogen (secondary N) is 1. The second kappa shape index (κ2) is 8.42. The molecule has 0 atom stereocenters. The minimum absolute atomic E-state index is 0.672. The van der Waals surface area contributed by atoms with Gasteiger partial charge in [-0.2, -0.15) is 4.98 Å². The van der Waals surface area contributed by atoms with Gasteiger partial charge < -0.3 is 10.2 Å². The molecular formula is C24H28N4. The normalized spacial score (nSPS) is 14.9. The Bertz CT molecular complexity index is 898. The van der Waals surface area contributed by atoms with E-state index >= 15 is 0 Å². The van der Waals surface area contributed by atoms with Crippen molar-refractivity contribution in [3.8, 4) is 0 Å². The van der Waals surface area contributed by atoms with Crippen molar-refractivity contribution in [2.75, 3.05) is 23.3 Å². The van der Waals surface area contributed by atoms with Crippen molar-refractivity contribution >= 4 is 17.5 Å². The highest BCUT2D eigenvalue weighted by Gasteiger charge is 2.21. The molecule has 0 aliphatic carbocycles. The van der Waals surface area contributed by atoms with Crippen LogP contribution in [0.4, 0.5) is 17.5 Å². The molecule has 0 radical (unpaired) electrons. The first kappa shape index (κ1) is 18.5. The number of hydrogen-bond acceptors (Lipinski definition) is 4. The average molecular weight is 373 g/mol. The third-order valence-corrected chi connectivity index (χ3v) is 5.45. The minimum atomic E-state index is 0.672. The van der Waals surface area contributed by atoms with E-state index in [-0.39, 0.29) is 0 Å². The quantitative estimate of drug-likeness (QED) is 0.660. The van der Waals surface area contributed by atoms with Gasteiger partial charge >= 0.3 is 0 Å². The summed E-state index contributed by atoms with van der Waals surface area (Å²) < 4.78 is 0. The van der Waals surface area contributed by atoms with E-state index in [1.54, 1.807) is 0 Å². The van der Waals surface area contributed by atoms with Crippen LogP contribution in [-0.2, 0) is 6.42 Å². The Balaban J connectivity index is 1.40. The summed E-state index contributed by atoms with van der Waals surface area (Å²) in [6.45, 7) is 6.23. The second-order valence-electron chi connectivity index (χ2n) is 7.80. The van der Waals surface area contributed by atoms with E-state index in [2.05, 4.69) is 82.8 Å². The first-order chi connectivity index (χ1) is 13.7. The summed E-state index contributed by atoms with van der Waals surface area (Å²) >= 11 is 0. The van der Waals surface area contributed by atoms with Crippen LogP contribution in [0, 0.1) is 19.8 Å². The number of piperidine rings is 1. The molecule has 4 rings (SSSR count). The van der Waals surface area contributed by atoms with Gasteiger partial charge in [0.15, 0.2) is 0 Å². The molecule has 1 aromatic heterocycles. The molecule has 144 valence electrons. The van der Waals surface area contributed by atoms with Crippen molar-refractivity contribution in [1.29, 1.82) is 0 Å². The van der Waals surface area contributed by atoms with E-state index in [9.17, 15) is 0 Å². The molecule has 2 aromatic carbocycles. The van der Waals surface area contributed by atoms with Gasteiger partial charge in [-0.25, -0.2) is 4.98 Å². The maximum atomic E-state index is 4.79. The van der Waals surface area contributed by atoms with Crippen LogP contribution in [0.1, 0.15) is 29.7 Å². The molecular weight excluding hydrogens is 344 g/mol. The fourth-order valence-corrected chi connectivity index (χ4v) is 3.85. The smallest absolute Gasteiger partial charge is 0.229 e. The molecule has 0 spiro atoms. The first-order valence-corrected chi connectivity index (χ1v) is 10.1. The zero-order chi connectivity index (χ0) is 19.3. The highest BCUT2D eigenvalue weighted by atomic mass is 15.2. The van der Waals surface area contributed by atoms with E-state index in [1.165, 1.54) is 30.4 Å². The van der Waals surface area contributed by atoms with E-state index < -0.39 is 0 Å². The summed E-state index contributed by atoms with van der Waals surface area (Å²) in [5.74, 6) is 2.46. The summed E-state index contributed by atoms with van der Waals surface area (Å²) in [5.41, 5.74) is 4.70. The van der Waals surface area contributed by atoms with Crippen molar-refractivity contribution in [1.82, 2.24) is 9.97 Å². The molecule has 4 heteroatoms. The van der Waals surface area contributed by atoms with E-state index in [0.29, 0.717) is 5.95 Å². The van der Waals surface area contributed by atoms with Crippen LogP contribution in [0.5, 0.6) is 0 Å². The van der Waals surface area contributed by atoms with Gasteiger partial charge in [-0.1, -0.05) is 48.0 Å². The molecule has 28 heavy (non-hydrogen) atoms. The monoisotopic (exact) mass is 372 g/mol. The first-order valence-electron chi connectivity index (χ1n) is 10.1. The summed E-state index contributed by atoms with van der Waals surface area (Å²) in [7, 11) is 0. The van der Waals surface area contributed by atoms with Crippen molar-refractivity contribution in [3.05, 3.63) is 77.5 Å². The standard InChI is InChI=1S/C24H28N4/c1-18-8-10-22(11-9-18)26-24-25-19(2)16-23(27-24)28-14-12-21(13-15-28)17-20-6-4-3-5-7-20/h3-11,16,21H,12-15,17H2,1-2H3,(H,25,26,27). The lowest BCUT2D eigenvalue weighted by Gasteiger charge is -2.33. The van der Waals surface area contributed by atoms with Gasteiger partial charge in [0.1, 0.15) is 5.82 Å². The largest absolute Gasteiger partial charge is 0.356 e. The van der Waals surface area contributed by atoms with Crippen LogP contribution < -0.4 is 10.2 Å². The van der Waals surface area contributed by atoms with Gasteiger partial charge in [0.25, 0.3) is 0 Å². The van der Waals surface area contributed by atoms with E-state index in [0.717, 1.165) is 36.2 Å². The van der Waals surface area contributed by atoms with Gasteiger partial charge in [-0.05, 0) is 56.7 Å². The number of rotatable bonds is 5. The number of aromatic nitrogens is 2. The van der Waals surface area contributed by atoms with Crippen molar-refractivity contribution < 1.29 is 0 Å². The molecule has 1 aliphatic heterocycles. The molecule has 2 heterocycles. The predicted octanol–water partition coefficient (Wildman–Crippen LogP) is 5.30. The average Bonchev–Trinajstić information content (AvgIpc) is 2.71. The van der Waals surface area contributed by atoms with Crippen LogP contribution in [0.3, 0.4) is 0 Å². The molecule has 3 aromatic rings. The van der Waals surface area contributed by atoms with Gasteiger partial charge in [0.2, 0.25) is 5.95 Å². The lowest BCUT2D eigenvalue weighted by atomic mass is 9.90. The maximum absolute atomic E-state index is 4.79. The van der Waals surface area contributed by atoms with E-state index in [4.69, 9.17) is 4.98 Å². The van der Waals surface area contributed by atoms with E-state index in [1.807, 2.05) is 6.92 Å². The predicted molar refractivity (Wildman–Crippen MR) is 116 cm³/mol. The number of aryl methyl sites for hydroxylation is 2. The molecule has 0 saturated carbocycles. The highest BCUT2D eigenvalue weighted by molar-refractivity contribution is 5.56. The molecule has 1 N–H and O–H groups in total. The van der Waals surface area contributed by atoms with Crippen molar-refractivity contribution in [2.45, 2.75) is 33.1 Å². The summed E-state index contributed by atoms with van der Waals surface area (Å²) in [5, 5.41) is 3.34. The molecule has 0 amide bonds. The third kappa shape index (κ3) is 4.69. The lowest BCUT2D eigenvalue weighted by Crippen LogP contribution is -2.35. The molecule has 0 bridgehead atoms. The van der Waals surface area contributed by atoms with Crippen LogP contribution in [0.2, 0.25) is 0 Å². The Morgan fingerprint density at radius 1 is 0.929 bits per heavy atom. The number of nitrogens with zero attached hydrogens (tertiary/aromatic N) is 3. The number of benzene rings is 2. The fourth-order valence-electron chi connectivity index (χ4n) is 3.85. The molecule has 0 unspecified atom stereocenters. The molecule has 1 saturated heterocycles. The maximum Gasteiger partial charge on any atom is 0.229 e. The number of hydrogen-bond donors (Lipinski definition) is 1. The molecule has 4 nitrogen and oxygen atoms in total. The summed E-state index contributed by atoms with van der Waals surface area (Å²) in [6, 6.07) is 21.3. The van der Waals surface area contributed by atoms with Crippen LogP contribution in [-0.4, -0.2) is 23.1 Å². The Morgan fingerprint density at radius 2 is 1.64 bits per heavy atom. The highest BCUT2D eigenvalue weighted by Crippen LogP contribution is 2.26. The van der Waals surface area contributed by atoms with Crippen LogP contribution >= 0.6 is 0 Å². The Labute approximate surface area is 167 Å². The van der Waals surface area contributed by atoms with Crippen LogP contribution in [0.15, 0.2) is 60.7 Å². The minimum Gasteiger partial charge on any atom is -0.356 e. The molecule has 1 aliphatic rings. The zero-order valence-corrected chi connectivity index (χ0v) is 16.7. The van der Waals surface area contributed by atoms with Gasteiger partial charge in [0, 0.05) is 30.5 Å². The van der Waals surface area contributed by atoms with Crippen molar-refractivity contribution in [3.63, 3.8) is 0 Å². The molecule has 1 fully saturated rings. The SMILES string of the molecule is Cc1ccc(Nc2nc(C)cc(N3CCC(Cc4ccccc4)CC3)n2)cc1. The van der Waals surface area contributed by atoms with Gasteiger partial charge in [0.05, 0.1) is 0 Å². The summed E-state index contributed by atoms with van der Waals surface area (Å²) in [4.78, 5) is 11.8. The number of anilines is 3. The zero-order valence-electron chi connectivity index (χ0n) is 16.7. The third-order valence-electron chi connectivity index (χ3n) is 5.45. The Hall–Kier alpha value is -2.88. The van der Waals surface area contributed by atoms with Gasteiger partial charge in [-0.3, -0.25) is 0 Å².